The van der Waals surface area contributed by atoms with E-state index in [9.17, 15) is 4.79 Å². The minimum Gasteiger partial charge on any atom is -0.366 e. The first-order valence-corrected chi connectivity index (χ1v) is 4.58. The van der Waals surface area contributed by atoms with Crippen LogP contribution in [0.3, 0.4) is 0 Å². The molecule has 1 heterocycles. The Morgan fingerprint density at radius 1 is 1.46 bits per heavy atom. The summed E-state index contributed by atoms with van der Waals surface area (Å²) in [6.07, 6.45) is 1.71. The number of amides is 1. The van der Waals surface area contributed by atoms with Gasteiger partial charge in [0.2, 0.25) is 4.45 Å². The van der Waals surface area contributed by atoms with E-state index in [2.05, 4.69) is 20.9 Å². The van der Waals surface area contributed by atoms with Crippen LogP contribution in [-0.4, -0.2) is 10.4 Å². The summed E-state index contributed by atoms with van der Waals surface area (Å²) in [5, 5.41) is 1.72. The number of hydrogen-bond acceptors (Lipinski definition) is 2. The zero-order valence-electron chi connectivity index (χ0n) is 6.70. The van der Waals surface area contributed by atoms with Gasteiger partial charge in [0.25, 0.3) is 5.91 Å². The van der Waals surface area contributed by atoms with Crippen molar-refractivity contribution in [1.29, 1.82) is 0 Å². The number of primary amides is 1. The summed E-state index contributed by atoms with van der Waals surface area (Å²) < 4.78 is -1.04. The molecule has 2 rings (SSSR count). The highest BCUT2D eigenvalue weighted by Gasteiger charge is 2.32. The number of nitrogens with zero attached hydrogens (tertiary/aromatic N) is 1. The first-order valence-electron chi connectivity index (χ1n) is 3.78. The quantitative estimate of drug-likeness (QED) is 0.529. The molecule has 0 saturated heterocycles. The van der Waals surface area contributed by atoms with Crippen molar-refractivity contribution in [3.63, 3.8) is 0 Å². The Hall–Kier alpha value is -1.16. The highest BCUT2D eigenvalue weighted by atomic mass is 79.9. The smallest absolute Gasteiger partial charge is 0.260 e. The number of hydrogen-bond donors (Lipinski definition) is 1. The van der Waals surface area contributed by atoms with Gasteiger partial charge in [0.05, 0.1) is 5.36 Å². The molecule has 13 heavy (non-hydrogen) atoms. The Morgan fingerprint density at radius 2 is 2.15 bits per heavy atom. The Balaban J connectivity index is 2.70. The van der Waals surface area contributed by atoms with E-state index in [1.54, 1.807) is 6.08 Å². The van der Waals surface area contributed by atoms with E-state index >= 15 is 0 Å². The van der Waals surface area contributed by atoms with Crippen LogP contribution in [-0.2, 0) is 4.79 Å². The number of carbonyl (C=O) groups excluding carboxylic acids is 1. The molecular formula is C9H7BrN2O. The van der Waals surface area contributed by atoms with Crippen molar-refractivity contribution in [3.8, 4) is 0 Å². The second-order valence-electron chi connectivity index (χ2n) is 2.85. The maximum absolute atomic E-state index is 11.0. The fourth-order valence-electron chi connectivity index (χ4n) is 1.25. The molecule has 0 fully saturated rings. The highest BCUT2D eigenvalue weighted by Crippen LogP contribution is 2.21. The van der Waals surface area contributed by atoms with Gasteiger partial charge in [-0.05, 0) is 33.3 Å². The van der Waals surface area contributed by atoms with Gasteiger partial charge in [-0.15, -0.1) is 0 Å². The fourth-order valence-corrected chi connectivity index (χ4v) is 1.69. The lowest BCUT2D eigenvalue weighted by atomic mass is 10.2. The summed E-state index contributed by atoms with van der Waals surface area (Å²) in [5.41, 5.74) is 5.20. The molecule has 1 aromatic carbocycles. The van der Waals surface area contributed by atoms with Crippen LogP contribution in [0.15, 0.2) is 29.3 Å². The minimum atomic E-state index is -1.04. The second kappa shape index (κ2) is 2.67. The van der Waals surface area contributed by atoms with Crippen LogP contribution in [0, 0.1) is 0 Å². The maximum Gasteiger partial charge on any atom is 0.260 e. The summed E-state index contributed by atoms with van der Waals surface area (Å²) in [6, 6.07) is 7.50. The second-order valence-corrected chi connectivity index (χ2v) is 4.06. The summed E-state index contributed by atoms with van der Waals surface area (Å²) in [6.45, 7) is 0. The van der Waals surface area contributed by atoms with E-state index in [0.717, 1.165) is 10.6 Å². The third-order valence-corrected chi connectivity index (χ3v) is 2.71. The SMILES string of the molecule is NC(=O)C1(Br)C=c2ccccc2=N1. The number of nitrogens with two attached hydrogens (primary N) is 1. The van der Waals surface area contributed by atoms with Gasteiger partial charge in [-0.1, -0.05) is 18.2 Å². The van der Waals surface area contributed by atoms with Gasteiger partial charge in [0.15, 0.2) is 0 Å². The van der Waals surface area contributed by atoms with Crippen LogP contribution in [0.25, 0.3) is 6.08 Å². The van der Waals surface area contributed by atoms with Crippen molar-refractivity contribution in [2.75, 3.05) is 0 Å². The minimum absolute atomic E-state index is 0.497. The number of alkyl halides is 1. The molecule has 1 unspecified atom stereocenters. The van der Waals surface area contributed by atoms with E-state index in [4.69, 9.17) is 5.73 Å². The lowest BCUT2D eigenvalue weighted by molar-refractivity contribution is -0.118. The molecule has 0 aromatic heterocycles. The molecule has 0 aliphatic carbocycles. The van der Waals surface area contributed by atoms with E-state index in [1.165, 1.54) is 0 Å². The van der Waals surface area contributed by atoms with Crippen LogP contribution in [0.5, 0.6) is 0 Å². The van der Waals surface area contributed by atoms with Crippen molar-refractivity contribution < 1.29 is 4.79 Å². The van der Waals surface area contributed by atoms with Gasteiger partial charge >= 0.3 is 0 Å². The maximum atomic E-state index is 11.0. The first-order chi connectivity index (χ1) is 6.12. The molecule has 0 radical (unpaired) electrons. The first kappa shape index (κ1) is 8.44. The molecule has 0 spiro atoms. The van der Waals surface area contributed by atoms with Gasteiger partial charge in [-0.3, -0.25) is 9.79 Å². The van der Waals surface area contributed by atoms with Crippen molar-refractivity contribution in [3.05, 3.63) is 34.8 Å². The molecule has 0 saturated carbocycles. The van der Waals surface area contributed by atoms with E-state index < -0.39 is 10.4 Å². The molecule has 1 atom stereocenters. The molecule has 4 heteroatoms. The zero-order valence-corrected chi connectivity index (χ0v) is 8.28. The van der Waals surface area contributed by atoms with Crippen LogP contribution in [0.4, 0.5) is 0 Å². The van der Waals surface area contributed by atoms with Crippen LogP contribution >= 0.6 is 15.9 Å². The van der Waals surface area contributed by atoms with Gasteiger partial charge in [-0.25, -0.2) is 0 Å². The predicted octanol–water partition coefficient (Wildman–Crippen LogP) is -0.323. The molecule has 1 aliphatic rings. The summed E-state index contributed by atoms with van der Waals surface area (Å²) >= 11 is 3.19. The molecule has 1 aromatic rings. The van der Waals surface area contributed by atoms with Crippen molar-refractivity contribution >= 4 is 27.9 Å². The number of para-hydroxylation sites is 1. The molecule has 1 amide bonds. The largest absolute Gasteiger partial charge is 0.366 e. The number of carbonyl (C=O) groups is 1. The summed E-state index contributed by atoms with van der Waals surface area (Å²) in [5.74, 6) is -0.497. The zero-order chi connectivity index (χ0) is 9.47. The molecule has 1 aliphatic heterocycles. The third kappa shape index (κ3) is 1.27. The van der Waals surface area contributed by atoms with Gasteiger partial charge in [0.1, 0.15) is 0 Å². The highest BCUT2D eigenvalue weighted by molar-refractivity contribution is 9.10. The van der Waals surface area contributed by atoms with Crippen molar-refractivity contribution in [1.82, 2.24) is 0 Å². The molecule has 2 N–H and O–H groups in total. The van der Waals surface area contributed by atoms with Gasteiger partial charge in [0, 0.05) is 0 Å². The average molecular weight is 239 g/mol. The standard InChI is InChI=1S/C9H7BrN2O/c10-9(8(11)13)5-6-3-1-2-4-7(6)12-9/h1-5H,(H2,11,13). The average Bonchev–Trinajstić information content (AvgIpc) is 2.42. The monoisotopic (exact) mass is 238 g/mol. The fraction of sp³-hybridized carbons (Fsp3) is 0.111. The van der Waals surface area contributed by atoms with E-state index in [-0.39, 0.29) is 0 Å². The Kier molecular flexibility index (Phi) is 1.73. The third-order valence-electron chi connectivity index (χ3n) is 1.91. The Bertz CT molecular complexity index is 446. The van der Waals surface area contributed by atoms with Crippen LogP contribution < -0.4 is 16.3 Å². The number of fused-ring (bicyclic) bond motifs is 1. The van der Waals surface area contributed by atoms with Gasteiger partial charge in [-0.2, -0.15) is 0 Å². The van der Waals surface area contributed by atoms with Crippen LogP contribution in [0.1, 0.15) is 0 Å². The number of rotatable bonds is 1. The summed E-state index contributed by atoms with van der Waals surface area (Å²) in [4.78, 5) is 15.2. The van der Waals surface area contributed by atoms with Crippen molar-refractivity contribution in [2.45, 2.75) is 4.45 Å². The Morgan fingerprint density at radius 3 is 2.77 bits per heavy atom. The molecule has 66 valence electrons. The number of halogens is 1. The van der Waals surface area contributed by atoms with E-state index in [1.807, 2.05) is 24.3 Å². The topological polar surface area (TPSA) is 55.5 Å². The van der Waals surface area contributed by atoms with Gasteiger partial charge < -0.3 is 5.73 Å². The molecular weight excluding hydrogens is 232 g/mol. The lowest BCUT2D eigenvalue weighted by Gasteiger charge is -2.09. The predicted molar refractivity (Wildman–Crippen MR) is 52.5 cm³/mol. The normalized spacial score (nSPS) is 24.4. The lowest BCUT2D eigenvalue weighted by Crippen LogP contribution is -2.33. The molecule has 3 nitrogen and oxygen atoms in total. The van der Waals surface area contributed by atoms with Crippen LogP contribution in [0.2, 0.25) is 0 Å². The molecule has 0 bridgehead atoms. The summed E-state index contributed by atoms with van der Waals surface area (Å²) in [7, 11) is 0. The number of benzene rings is 1. The van der Waals surface area contributed by atoms with Crippen molar-refractivity contribution in [2.24, 2.45) is 10.7 Å². The Labute approximate surface area is 83.1 Å². The van der Waals surface area contributed by atoms with E-state index in [0.29, 0.717) is 0 Å².